The molecule has 0 saturated heterocycles. The van der Waals surface area contributed by atoms with Crippen LogP contribution in [0.2, 0.25) is 0 Å². The number of hydrogen-bond donors (Lipinski definition) is 1. The van der Waals surface area contributed by atoms with Crippen LogP contribution in [-0.2, 0) is 0 Å². The maximum atomic E-state index is 13.0. The summed E-state index contributed by atoms with van der Waals surface area (Å²) < 4.78 is 38.9. The van der Waals surface area contributed by atoms with Crippen molar-refractivity contribution in [2.24, 2.45) is 0 Å². The maximum Gasteiger partial charge on any atom is 0.251 e. The van der Waals surface area contributed by atoms with Crippen LogP contribution in [0.5, 0.6) is 0 Å². The van der Waals surface area contributed by atoms with Gasteiger partial charge in [-0.3, -0.25) is 4.79 Å². The minimum atomic E-state index is -1.58. The Labute approximate surface area is 113 Å². The van der Waals surface area contributed by atoms with Crippen LogP contribution in [0.25, 0.3) is 0 Å². The van der Waals surface area contributed by atoms with Crippen LogP contribution in [0.15, 0.2) is 12.1 Å². The summed E-state index contributed by atoms with van der Waals surface area (Å²) in [6, 6.07) is 1.14. The fourth-order valence-corrected chi connectivity index (χ4v) is 2.53. The van der Waals surface area contributed by atoms with Gasteiger partial charge in [0.15, 0.2) is 17.5 Å². The van der Waals surface area contributed by atoms with Gasteiger partial charge in [0.2, 0.25) is 0 Å². The molecule has 1 aliphatic carbocycles. The zero-order valence-electron chi connectivity index (χ0n) is 10.1. The molecule has 0 aromatic heterocycles. The predicted octanol–water partition coefficient (Wildman–Crippen LogP) is 3.38. The van der Waals surface area contributed by atoms with Crippen LogP contribution < -0.4 is 5.32 Å². The number of benzene rings is 1. The molecule has 1 N–H and O–H groups in total. The van der Waals surface area contributed by atoms with Crippen LogP contribution in [0, 0.1) is 17.5 Å². The Balaban J connectivity index is 2.11. The molecule has 19 heavy (non-hydrogen) atoms. The van der Waals surface area contributed by atoms with Crippen molar-refractivity contribution < 1.29 is 18.0 Å². The van der Waals surface area contributed by atoms with E-state index in [1.165, 1.54) is 0 Å². The lowest BCUT2D eigenvalue weighted by Gasteiger charge is -2.27. The summed E-state index contributed by atoms with van der Waals surface area (Å²) in [7, 11) is 0. The third-order valence-corrected chi connectivity index (χ3v) is 3.77. The Morgan fingerprint density at radius 1 is 1.16 bits per heavy atom. The van der Waals surface area contributed by atoms with Crippen molar-refractivity contribution in [3.05, 3.63) is 35.1 Å². The van der Waals surface area contributed by atoms with Gasteiger partial charge in [0, 0.05) is 11.6 Å². The molecule has 1 fully saturated rings. The van der Waals surface area contributed by atoms with Gasteiger partial charge in [-0.15, -0.1) is 11.6 Å². The van der Waals surface area contributed by atoms with Crippen LogP contribution in [0.3, 0.4) is 0 Å². The number of carbonyl (C=O) groups is 1. The Hall–Kier alpha value is -1.23. The van der Waals surface area contributed by atoms with Crippen molar-refractivity contribution in [1.82, 2.24) is 5.32 Å². The Kier molecular flexibility index (Phi) is 4.34. The second-order valence-electron chi connectivity index (χ2n) is 4.63. The highest BCUT2D eigenvalue weighted by molar-refractivity contribution is 6.21. The van der Waals surface area contributed by atoms with E-state index in [-0.39, 0.29) is 17.0 Å². The Bertz CT molecular complexity index is 472. The molecule has 1 aromatic carbocycles. The Morgan fingerprint density at radius 3 is 2.32 bits per heavy atom. The maximum absolute atomic E-state index is 13.0. The van der Waals surface area contributed by atoms with E-state index in [0.717, 1.165) is 25.7 Å². The molecule has 6 heteroatoms. The summed E-state index contributed by atoms with van der Waals surface area (Å²) in [5.41, 5.74) is -0.245. The molecule has 0 radical (unpaired) electrons. The molecule has 1 saturated carbocycles. The molecule has 0 aliphatic heterocycles. The first-order chi connectivity index (χ1) is 8.99. The molecule has 0 heterocycles. The van der Waals surface area contributed by atoms with Crippen molar-refractivity contribution in [2.45, 2.75) is 37.1 Å². The molecule has 2 unspecified atom stereocenters. The first-order valence-corrected chi connectivity index (χ1v) is 6.52. The number of amides is 1. The van der Waals surface area contributed by atoms with E-state index in [1.807, 2.05) is 0 Å². The van der Waals surface area contributed by atoms with Gasteiger partial charge in [-0.05, 0) is 25.0 Å². The number of nitrogens with one attached hydrogen (secondary N) is 1. The third kappa shape index (κ3) is 3.21. The van der Waals surface area contributed by atoms with Crippen LogP contribution in [-0.4, -0.2) is 17.3 Å². The fraction of sp³-hybridized carbons (Fsp3) is 0.462. The van der Waals surface area contributed by atoms with Gasteiger partial charge in [-0.2, -0.15) is 0 Å². The number of carbonyl (C=O) groups excluding carboxylic acids is 1. The van der Waals surface area contributed by atoms with Gasteiger partial charge in [-0.25, -0.2) is 13.2 Å². The first-order valence-electron chi connectivity index (χ1n) is 6.08. The molecule has 0 spiro atoms. The molecule has 0 bridgehead atoms. The Morgan fingerprint density at radius 2 is 1.74 bits per heavy atom. The lowest BCUT2D eigenvalue weighted by Crippen LogP contribution is -2.42. The van der Waals surface area contributed by atoms with Gasteiger partial charge >= 0.3 is 0 Å². The van der Waals surface area contributed by atoms with Crippen molar-refractivity contribution in [2.75, 3.05) is 0 Å². The smallest absolute Gasteiger partial charge is 0.251 e. The molecular formula is C13H13ClF3NO. The monoisotopic (exact) mass is 291 g/mol. The SMILES string of the molecule is O=C(NC1CCCCC1Cl)c1cc(F)c(F)c(F)c1. The van der Waals surface area contributed by atoms with E-state index in [4.69, 9.17) is 11.6 Å². The van der Waals surface area contributed by atoms with Gasteiger partial charge in [-0.1, -0.05) is 12.8 Å². The number of halogens is 4. The van der Waals surface area contributed by atoms with Crippen molar-refractivity contribution >= 4 is 17.5 Å². The fourth-order valence-electron chi connectivity index (χ4n) is 2.19. The van der Waals surface area contributed by atoms with E-state index in [9.17, 15) is 18.0 Å². The largest absolute Gasteiger partial charge is 0.348 e. The van der Waals surface area contributed by atoms with Crippen LogP contribution in [0.4, 0.5) is 13.2 Å². The van der Waals surface area contributed by atoms with Gasteiger partial charge < -0.3 is 5.32 Å². The van der Waals surface area contributed by atoms with Crippen LogP contribution in [0.1, 0.15) is 36.0 Å². The molecule has 1 aromatic rings. The van der Waals surface area contributed by atoms with Crippen molar-refractivity contribution in [3.63, 3.8) is 0 Å². The predicted molar refractivity (Wildman–Crippen MR) is 65.7 cm³/mol. The lowest BCUT2D eigenvalue weighted by molar-refractivity contribution is 0.0927. The average Bonchev–Trinajstić information content (AvgIpc) is 2.38. The molecular weight excluding hydrogens is 279 g/mol. The van der Waals surface area contributed by atoms with E-state index in [2.05, 4.69) is 5.32 Å². The summed E-state index contributed by atoms with van der Waals surface area (Å²) in [6.07, 6.45) is 3.46. The number of alkyl halides is 1. The summed E-state index contributed by atoms with van der Waals surface area (Å²) in [5.74, 6) is -4.98. The minimum Gasteiger partial charge on any atom is -0.348 e. The normalized spacial score (nSPS) is 23.2. The summed E-state index contributed by atoms with van der Waals surface area (Å²) in [5, 5.41) is 2.44. The summed E-state index contributed by atoms with van der Waals surface area (Å²) >= 11 is 6.08. The molecule has 1 amide bonds. The third-order valence-electron chi connectivity index (χ3n) is 3.24. The van der Waals surface area contributed by atoms with Crippen LogP contribution >= 0.6 is 11.6 Å². The van der Waals surface area contributed by atoms with E-state index in [1.54, 1.807) is 0 Å². The lowest BCUT2D eigenvalue weighted by atomic mass is 9.94. The van der Waals surface area contributed by atoms with E-state index >= 15 is 0 Å². The van der Waals surface area contributed by atoms with Crippen molar-refractivity contribution in [3.8, 4) is 0 Å². The standard InChI is InChI=1S/C13H13ClF3NO/c14-8-3-1-2-4-11(8)18-13(19)7-5-9(15)12(17)10(16)6-7/h5-6,8,11H,1-4H2,(H,18,19). The number of rotatable bonds is 2. The molecule has 1 aliphatic rings. The average molecular weight is 292 g/mol. The highest BCUT2D eigenvalue weighted by Gasteiger charge is 2.25. The highest BCUT2D eigenvalue weighted by Crippen LogP contribution is 2.23. The summed E-state index contributed by atoms with van der Waals surface area (Å²) in [6.45, 7) is 0. The van der Waals surface area contributed by atoms with Gasteiger partial charge in [0.1, 0.15) is 0 Å². The van der Waals surface area contributed by atoms with Gasteiger partial charge in [0.25, 0.3) is 5.91 Å². The second-order valence-corrected chi connectivity index (χ2v) is 5.19. The molecule has 2 nitrogen and oxygen atoms in total. The molecule has 104 valence electrons. The number of hydrogen-bond acceptors (Lipinski definition) is 1. The van der Waals surface area contributed by atoms with E-state index in [0.29, 0.717) is 12.1 Å². The first kappa shape index (κ1) is 14.2. The molecule has 2 atom stereocenters. The second kappa shape index (κ2) is 5.82. The highest BCUT2D eigenvalue weighted by atomic mass is 35.5. The zero-order valence-corrected chi connectivity index (χ0v) is 10.8. The summed E-state index contributed by atoms with van der Waals surface area (Å²) in [4.78, 5) is 11.8. The minimum absolute atomic E-state index is 0.187. The zero-order chi connectivity index (χ0) is 14.0. The van der Waals surface area contributed by atoms with Crippen molar-refractivity contribution in [1.29, 1.82) is 0 Å². The quantitative estimate of drug-likeness (QED) is 0.657. The molecule has 2 rings (SSSR count). The van der Waals surface area contributed by atoms with E-state index < -0.39 is 23.4 Å². The van der Waals surface area contributed by atoms with Gasteiger partial charge in [0.05, 0.1) is 5.38 Å². The topological polar surface area (TPSA) is 29.1 Å².